The van der Waals surface area contributed by atoms with Gasteiger partial charge in [-0.15, -0.1) is 0 Å². The highest BCUT2D eigenvalue weighted by Gasteiger charge is 2.21. The number of fused-ring (bicyclic) bond motifs is 5. The van der Waals surface area contributed by atoms with Gasteiger partial charge >= 0.3 is 0 Å². The van der Waals surface area contributed by atoms with Gasteiger partial charge in [0.25, 0.3) is 0 Å². The first-order valence-electron chi connectivity index (χ1n) is 17.4. The third kappa shape index (κ3) is 5.86. The molecule has 4 nitrogen and oxygen atoms in total. The van der Waals surface area contributed by atoms with Gasteiger partial charge in [0, 0.05) is 21.9 Å². The third-order valence-electron chi connectivity index (χ3n) is 9.66. The van der Waals surface area contributed by atoms with E-state index < -0.39 is 0 Å². The Kier molecular flexibility index (Phi) is 8.03. The van der Waals surface area contributed by atoms with Crippen LogP contribution in [-0.4, -0.2) is 18.4 Å². The van der Waals surface area contributed by atoms with Crippen LogP contribution in [0.5, 0.6) is 0 Å². The van der Waals surface area contributed by atoms with E-state index in [2.05, 4.69) is 157 Å². The summed E-state index contributed by atoms with van der Waals surface area (Å²) in [5.74, 6) is 1.06. The SMILES string of the molecule is C=NC(=NC(=NCc1ccc2ccccc2c1)c1ccc2ccccc2c1)c1c(-c2ccc(-c3ccccc3)cc2)ccc2oc3ccccc3c12. The Balaban J connectivity index is 1.24. The first kappa shape index (κ1) is 31.1. The van der Waals surface area contributed by atoms with E-state index in [1.807, 2.05) is 30.3 Å². The largest absolute Gasteiger partial charge is 0.456 e. The molecule has 9 rings (SSSR count). The monoisotopic (exact) mass is 667 g/mol. The fourth-order valence-electron chi connectivity index (χ4n) is 7.06. The zero-order chi connectivity index (χ0) is 34.9. The molecule has 0 fully saturated rings. The molecule has 4 heteroatoms. The molecule has 246 valence electrons. The normalized spacial score (nSPS) is 12.2. The van der Waals surface area contributed by atoms with Crippen LogP contribution in [0.2, 0.25) is 0 Å². The first-order chi connectivity index (χ1) is 25.7. The molecule has 0 radical (unpaired) electrons. The molecule has 0 aliphatic heterocycles. The average Bonchev–Trinajstić information content (AvgIpc) is 3.60. The standard InChI is InChI=1S/C48H33N3O/c1-49-48(51-47(40-26-23-35-14-6-8-16-39(35)30-40)50-31-32-19-20-34-13-5-7-15-38(34)29-32)46-41(27-28-44-45(46)42-17-9-10-18-43(42)52-44)37-24-21-36(22-25-37)33-11-3-2-4-12-33/h2-30H,1,31H2. The van der Waals surface area contributed by atoms with Crippen LogP contribution in [0.25, 0.3) is 65.7 Å². The van der Waals surface area contributed by atoms with E-state index in [0.29, 0.717) is 18.2 Å². The minimum Gasteiger partial charge on any atom is -0.456 e. The maximum Gasteiger partial charge on any atom is 0.162 e. The van der Waals surface area contributed by atoms with Gasteiger partial charge < -0.3 is 4.42 Å². The van der Waals surface area contributed by atoms with Crippen LogP contribution in [0.1, 0.15) is 16.7 Å². The van der Waals surface area contributed by atoms with E-state index in [1.54, 1.807) is 0 Å². The first-order valence-corrected chi connectivity index (χ1v) is 17.4. The summed E-state index contributed by atoms with van der Waals surface area (Å²) >= 11 is 0. The zero-order valence-electron chi connectivity index (χ0n) is 28.4. The summed E-state index contributed by atoms with van der Waals surface area (Å²) in [4.78, 5) is 15.1. The molecule has 0 saturated heterocycles. The second kappa shape index (κ2) is 13.4. The lowest BCUT2D eigenvalue weighted by Crippen LogP contribution is -2.07. The summed E-state index contributed by atoms with van der Waals surface area (Å²) in [6.07, 6.45) is 0. The molecule has 52 heavy (non-hydrogen) atoms. The van der Waals surface area contributed by atoms with Crippen LogP contribution in [0, 0.1) is 0 Å². The lowest BCUT2D eigenvalue weighted by molar-refractivity contribution is 0.669. The van der Waals surface area contributed by atoms with Crippen molar-refractivity contribution in [2.45, 2.75) is 6.54 Å². The molecule has 0 N–H and O–H groups in total. The van der Waals surface area contributed by atoms with Crippen LogP contribution >= 0.6 is 0 Å². The Morgan fingerprint density at radius 3 is 1.90 bits per heavy atom. The van der Waals surface area contributed by atoms with E-state index in [9.17, 15) is 0 Å². The number of hydrogen-bond donors (Lipinski definition) is 0. The summed E-state index contributed by atoms with van der Waals surface area (Å²) in [6.45, 7) is 4.53. The van der Waals surface area contributed by atoms with Crippen molar-refractivity contribution in [3.63, 3.8) is 0 Å². The number of nitrogens with zero attached hydrogens (tertiary/aromatic N) is 3. The Labute approximate surface area is 301 Å². The average molecular weight is 668 g/mol. The molecule has 0 atom stereocenters. The number of benzene rings is 8. The summed E-state index contributed by atoms with van der Waals surface area (Å²) < 4.78 is 6.39. The van der Waals surface area contributed by atoms with Crippen molar-refractivity contribution in [1.82, 2.24) is 0 Å². The topological polar surface area (TPSA) is 50.2 Å². The van der Waals surface area contributed by atoms with Crippen molar-refractivity contribution in [3.8, 4) is 22.3 Å². The minimum atomic E-state index is 0.452. The summed E-state index contributed by atoms with van der Waals surface area (Å²) in [7, 11) is 0. The van der Waals surface area contributed by atoms with Gasteiger partial charge in [-0.2, -0.15) is 0 Å². The van der Waals surface area contributed by atoms with Crippen molar-refractivity contribution >= 4 is 61.9 Å². The predicted molar refractivity (Wildman–Crippen MR) is 219 cm³/mol. The highest BCUT2D eigenvalue weighted by Crippen LogP contribution is 2.38. The molecule has 0 unspecified atom stereocenters. The Bertz CT molecular complexity index is 2830. The van der Waals surface area contributed by atoms with Crippen LogP contribution in [-0.2, 0) is 6.54 Å². The second-order valence-corrected chi connectivity index (χ2v) is 12.9. The Morgan fingerprint density at radius 1 is 0.500 bits per heavy atom. The molecule has 0 saturated carbocycles. The lowest BCUT2D eigenvalue weighted by Gasteiger charge is -2.13. The van der Waals surface area contributed by atoms with Crippen molar-refractivity contribution in [2.24, 2.45) is 15.0 Å². The molecule has 0 amide bonds. The van der Waals surface area contributed by atoms with E-state index in [1.165, 1.54) is 16.3 Å². The van der Waals surface area contributed by atoms with Crippen LogP contribution in [0.4, 0.5) is 0 Å². The second-order valence-electron chi connectivity index (χ2n) is 12.9. The molecule has 0 aliphatic carbocycles. The van der Waals surface area contributed by atoms with E-state index in [-0.39, 0.29) is 0 Å². The quantitative estimate of drug-likeness (QED) is 0.129. The Hall–Kier alpha value is -6.91. The van der Waals surface area contributed by atoms with Crippen LogP contribution in [0.15, 0.2) is 195 Å². The van der Waals surface area contributed by atoms with E-state index in [0.717, 1.165) is 66.1 Å². The maximum absolute atomic E-state index is 6.39. The van der Waals surface area contributed by atoms with Crippen molar-refractivity contribution < 1.29 is 4.42 Å². The summed E-state index contributed by atoms with van der Waals surface area (Å²) in [6, 6.07) is 60.9. The number of furan rings is 1. The molecule has 0 bridgehead atoms. The number of aliphatic imine (C=N–C) groups is 3. The van der Waals surface area contributed by atoms with Gasteiger partial charge in [0.2, 0.25) is 0 Å². The van der Waals surface area contributed by atoms with Crippen LogP contribution in [0.3, 0.4) is 0 Å². The van der Waals surface area contributed by atoms with Gasteiger partial charge in [-0.25, -0.2) is 9.98 Å². The summed E-state index contributed by atoms with van der Waals surface area (Å²) in [5.41, 5.74) is 8.76. The Morgan fingerprint density at radius 2 is 1.13 bits per heavy atom. The number of hydrogen-bond acceptors (Lipinski definition) is 2. The highest BCUT2D eigenvalue weighted by atomic mass is 16.3. The number of rotatable bonds is 6. The van der Waals surface area contributed by atoms with Crippen molar-refractivity contribution in [1.29, 1.82) is 0 Å². The molecule has 0 aliphatic rings. The fourth-order valence-corrected chi connectivity index (χ4v) is 7.06. The van der Waals surface area contributed by atoms with E-state index in [4.69, 9.17) is 14.4 Å². The van der Waals surface area contributed by atoms with Gasteiger partial charge in [0.15, 0.2) is 11.7 Å². The molecule has 8 aromatic carbocycles. The maximum atomic E-state index is 6.39. The van der Waals surface area contributed by atoms with E-state index >= 15 is 0 Å². The summed E-state index contributed by atoms with van der Waals surface area (Å²) in [5, 5.41) is 6.59. The predicted octanol–water partition coefficient (Wildman–Crippen LogP) is 12.3. The smallest absolute Gasteiger partial charge is 0.162 e. The van der Waals surface area contributed by atoms with Crippen molar-refractivity contribution in [3.05, 3.63) is 193 Å². The highest BCUT2D eigenvalue weighted by molar-refractivity contribution is 6.25. The molecule has 0 spiro atoms. The third-order valence-corrected chi connectivity index (χ3v) is 9.66. The number of para-hydroxylation sites is 1. The van der Waals surface area contributed by atoms with Gasteiger partial charge in [-0.05, 0) is 86.4 Å². The molecular weight excluding hydrogens is 635 g/mol. The minimum absolute atomic E-state index is 0.452. The zero-order valence-corrected chi connectivity index (χ0v) is 28.4. The molecule has 9 aromatic rings. The molecule has 1 heterocycles. The van der Waals surface area contributed by atoms with Gasteiger partial charge in [-0.1, -0.05) is 146 Å². The molecule has 1 aromatic heterocycles. The molecular formula is C48H33N3O. The van der Waals surface area contributed by atoms with Gasteiger partial charge in [0.1, 0.15) is 11.2 Å². The van der Waals surface area contributed by atoms with Crippen molar-refractivity contribution in [2.75, 3.05) is 0 Å². The lowest BCUT2D eigenvalue weighted by atomic mass is 9.93. The van der Waals surface area contributed by atoms with Gasteiger partial charge in [-0.3, -0.25) is 4.99 Å². The fraction of sp³-hybridized carbons (Fsp3) is 0.0208. The van der Waals surface area contributed by atoms with Gasteiger partial charge in [0.05, 0.1) is 6.54 Å². The van der Waals surface area contributed by atoms with Crippen LogP contribution < -0.4 is 0 Å². The number of amidine groups is 2.